The maximum absolute atomic E-state index is 11.8. The van der Waals surface area contributed by atoms with E-state index in [2.05, 4.69) is 0 Å². The van der Waals surface area contributed by atoms with Crippen LogP contribution in [0.5, 0.6) is 0 Å². The summed E-state index contributed by atoms with van der Waals surface area (Å²) in [5.74, 6) is 0.0798. The third kappa shape index (κ3) is 3.26. The molecule has 1 heterocycles. The van der Waals surface area contributed by atoms with Crippen LogP contribution in [-0.2, 0) is 16.0 Å². The van der Waals surface area contributed by atoms with E-state index in [1.807, 2.05) is 24.3 Å². The van der Waals surface area contributed by atoms with Gasteiger partial charge in [0.25, 0.3) is 0 Å². The molecule has 1 unspecified atom stereocenters. The number of rotatable bonds is 3. The first-order valence-corrected chi connectivity index (χ1v) is 6.64. The lowest BCUT2D eigenvalue weighted by Crippen LogP contribution is -2.25. The highest BCUT2D eigenvalue weighted by Crippen LogP contribution is 2.25. The predicted molar refractivity (Wildman–Crippen MR) is 75.5 cm³/mol. The van der Waals surface area contributed by atoms with Crippen molar-refractivity contribution in [3.05, 3.63) is 29.8 Å². The number of carbonyl (C=O) groups excluding carboxylic acids is 2. The number of nitrogens with zero attached hydrogens (tertiary/aromatic N) is 2. The van der Waals surface area contributed by atoms with Crippen molar-refractivity contribution in [2.24, 2.45) is 0 Å². The summed E-state index contributed by atoms with van der Waals surface area (Å²) in [6, 6.07) is 7.51. The number of carbonyl (C=O) groups is 2. The van der Waals surface area contributed by atoms with E-state index in [1.54, 1.807) is 23.9 Å². The Bertz CT molecular complexity index is 502. The smallest absolute Gasteiger partial charge is 0.228 e. The highest BCUT2D eigenvalue weighted by Gasteiger charge is 2.29. The molecule has 2 amide bonds. The first-order chi connectivity index (χ1) is 8.97. The topological polar surface area (TPSA) is 40.6 Å². The third-order valence-corrected chi connectivity index (χ3v) is 3.45. The molecule has 1 aromatic rings. The summed E-state index contributed by atoms with van der Waals surface area (Å²) in [4.78, 5) is 26.7. The minimum Gasteiger partial charge on any atom is -0.349 e. The second kappa shape index (κ2) is 5.61. The normalized spacial score (nSPS) is 18.8. The van der Waals surface area contributed by atoms with Crippen LogP contribution in [0.1, 0.15) is 12.0 Å². The zero-order chi connectivity index (χ0) is 14.0. The molecule has 0 saturated carbocycles. The van der Waals surface area contributed by atoms with E-state index < -0.39 is 0 Å². The molecule has 1 atom stereocenters. The van der Waals surface area contributed by atoms with Crippen LogP contribution in [0.4, 0.5) is 5.69 Å². The largest absolute Gasteiger partial charge is 0.349 e. The lowest BCUT2D eigenvalue weighted by Gasteiger charge is -2.17. The Kier molecular flexibility index (Phi) is 4.10. The van der Waals surface area contributed by atoms with Crippen LogP contribution in [0.15, 0.2) is 24.3 Å². The molecule has 0 bridgehead atoms. The van der Waals surface area contributed by atoms with E-state index in [9.17, 15) is 9.59 Å². The number of hydrogen-bond donors (Lipinski definition) is 0. The molecule has 1 fully saturated rings. The molecular weight excluding hydrogens is 264 g/mol. The Morgan fingerprint density at radius 2 is 2.21 bits per heavy atom. The number of alkyl halides is 1. The predicted octanol–water partition coefficient (Wildman–Crippen LogP) is 1.66. The number of benzene rings is 1. The van der Waals surface area contributed by atoms with Gasteiger partial charge < -0.3 is 9.80 Å². The molecule has 19 heavy (non-hydrogen) atoms. The van der Waals surface area contributed by atoms with Crippen LogP contribution in [0.25, 0.3) is 0 Å². The van der Waals surface area contributed by atoms with E-state index in [4.69, 9.17) is 11.6 Å². The molecule has 0 aliphatic carbocycles. The molecule has 1 aromatic carbocycles. The first-order valence-electron chi connectivity index (χ1n) is 6.21. The van der Waals surface area contributed by atoms with Crippen LogP contribution in [0, 0.1) is 0 Å². The van der Waals surface area contributed by atoms with Crippen molar-refractivity contribution in [3.63, 3.8) is 0 Å². The van der Waals surface area contributed by atoms with Crippen LogP contribution in [0.3, 0.4) is 0 Å². The van der Waals surface area contributed by atoms with Crippen molar-refractivity contribution >= 4 is 29.1 Å². The van der Waals surface area contributed by atoms with Crippen molar-refractivity contribution in [2.75, 3.05) is 25.5 Å². The van der Waals surface area contributed by atoms with Gasteiger partial charge in [-0.15, -0.1) is 11.6 Å². The number of anilines is 1. The van der Waals surface area contributed by atoms with Gasteiger partial charge in [-0.1, -0.05) is 12.1 Å². The summed E-state index contributed by atoms with van der Waals surface area (Å²) in [5.41, 5.74) is 1.72. The molecule has 0 N–H and O–H groups in total. The fraction of sp³-hybridized carbons (Fsp3) is 0.429. The van der Waals surface area contributed by atoms with Gasteiger partial charge in [0, 0.05) is 32.7 Å². The van der Waals surface area contributed by atoms with Crippen molar-refractivity contribution in [1.82, 2.24) is 4.90 Å². The van der Waals surface area contributed by atoms with Crippen molar-refractivity contribution in [2.45, 2.75) is 18.2 Å². The average Bonchev–Trinajstić information content (AvgIpc) is 2.68. The van der Waals surface area contributed by atoms with Crippen LogP contribution in [-0.4, -0.2) is 42.7 Å². The molecule has 2 rings (SSSR count). The quantitative estimate of drug-likeness (QED) is 0.790. The Hall–Kier alpha value is -1.55. The van der Waals surface area contributed by atoms with E-state index in [0.717, 1.165) is 11.3 Å². The minimum absolute atomic E-state index is 0.0380. The number of likely N-dealkylation sites (N-methyl/N-ethyl adjacent to an activating group) is 1. The summed E-state index contributed by atoms with van der Waals surface area (Å²) in [6.07, 6.45) is 0.718. The Labute approximate surface area is 117 Å². The fourth-order valence-corrected chi connectivity index (χ4v) is 2.35. The maximum atomic E-state index is 11.8. The Morgan fingerprint density at radius 1 is 1.47 bits per heavy atom. The number of halogens is 1. The van der Waals surface area contributed by atoms with E-state index in [-0.39, 0.29) is 17.2 Å². The molecule has 0 aromatic heterocycles. The molecular formula is C14H17ClN2O2. The molecule has 4 nitrogen and oxygen atoms in total. The molecule has 5 heteroatoms. The summed E-state index contributed by atoms with van der Waals surface area (Å²) < 4.78 is 0. The monoisotopic (exact) mass is 280 g/mol. The van der Waals surface area contributed by atoms with Crippen LogP contribution in [0.2, 0.25) is 0 Å². The number of hydrogen-bond acceptors (Lipinski definition) is 2. The van der Waals surface area contributed by atoms with Gasteiger partial charge in [0.15, 0.2) is 0 Å². The summed E-state index contributed by atoms with van der Waals surface area (Å²) in [6.45, 7) is 0.533. The first kappa shape index (κ1) is 13.9. The van der Waals surface area contributed by atoms with Gasteiger partial charge in [-0.2, -0.15) is 0 Å². The van der Waals surface area contributed by atoms with Gasteiger partial charge in [-0.25, -0.2) is 0 Å². The zero-order valence-corrected chi connectivity index (χ0v) is 11.9. The molecule has 0 spiro atoms. The van der Waals surface area contributed by atoms with Crippen molar-refractivity contribution < 1.29 is 9.59 Å². The van der Waals surface area contributed by atoms with E-state index in [1.165, 1.54) is 0 Å². The van der Waals surface area contributed by atoms with Gasteiger partial charge in [-0.05, 0) is 17.7 Å². The Morgan fingerprint density at radius 3 is 2.79 bits per heavy atom. The highest BCUT2D eigenvalue weighted by molar-refractivity contribution is 6.24. The average molecular weight is 281 g/mol. The SMILES string of the molecule is CN(C)C(=O)Cc1cccc(N2CC(Cl)CC2=O)c1. The molecule has 1 aliphatic rings. The van der Waals surface area contributed by atoms with E-state index >= 15 is 0 Å². The van der Waals surface area contributed by atoms with E-state index in [0.29, 0.717) is 19.4 Å². The van der Waals surface area contributed by atoms with Gasteiger partial charge in [-0.3, -0.25) is 9.59 Å². The fourth-order valence-electron chi connectivity index (χ4n) is 2.08. The summed E-state index contributed by atoms with van der Waals surface area (Å²) in [5, 5.41) is -0.125. The van der Waals surface area contributed by atoms with Gasteiger partial charge in [0.05, 0.1) is 11.8 Å². The molecule has 0 radical (unpaired) electrons. The maximum Gasteiger partial charge on any atom is 0.228 e. The zero-order valence-electron chi connectivity index (χ0n) is 11.1. The van der Waals surface area contributed by atoms with Crippen LogP contribution < -0.4 is 4.90 Å². The summed E-state index contributed by atoms with van der Waals surface area (Å²) in [7, 11) is 3.46. The van der Waals surface area contributed by atoms with Crippen molar-refractivity contribution in [3.8, 4) is 0 Å². The minimum atomic E-state index is -0.125. The van der Waals surface area contributed by atoms with Gasteiger partial charge in [0.1, 0.15) is 0 Å². The lowest BCUT2D eigenvalue weighted by molar-refractivity contribution is -0.128. The second-order valence-corrected chi connectivity index (χ2v) is 5.56. The van der Waals surface area contributed by atoms with Crippen LogP contribution >= 0.6 is 11.6 Å². The number of amides is 2. The Balaban J connectivity index is 2.15. The molecule has 1 saturated heterocycles. The van der Waals surface area contributed by atoms with Crippen molar-refractivity contribution in [1.29, 1.82) is 0 Å². The summed E-state index contributed by atoms with van der Waals surface area (Å²) >= 11 is 5.99. The molecule has 1 aliphatic heterocycles. The van der Waals surface area contributed by atoms with Gasteiger partial charge >= 0.3 is 0 Å². The highest BCUT2D eigenvalue weighted by atomic mass is 35.5. The standard InChI is InChI=1S/C14H17ClN2O2/c1-16(2)13(18)7-10-4-3-5-12(6-10)17-9-11(15)8-14(17)19/h3-6,11H,7-9H2,1-2H3. The van der Waals surface area contributed by atoms with Gasteiger partial charge in [0.2, 0.25) is 11.8 Å². The lowest BCUT2D eigenvalue weighted by atomic mass is 10.1. The second-order valence-electron chi connectivity index (χ2n) is 4.94. The third-order valence-electron chi connectivity index (χ3n) is 3.15. The molecule has 102 valence electrons.